The Balaban J connectivity index is 2.29. The summed E-state index contributed by atoms with van der Waals surface area (Å²) in [5.41, 5.74) is 6.38. The molecule has 0 aromatic heterocycles. The van der Waals surface area contributed by atoms with Crippen molar-refractivity contribution in [2.75, 3.05) is 26.7 Å². The van der Waals surface area contributed by atoms with Gasteiger partial charge in [0.05, 0.1) is 6.10 Å². The van der Waals surface area contributed by atoms with Crippen molar-refractivity contribution in [3.05, 3.63) is 0 Å². The predicted octanol–water partition coefficient (Wildman–Crippen LogP) is 1.47. The van der Waals surface area contributed by atoms with E-state index in [2.05, 4.69) is 25.7 Å². The van der Waals surface area contributed by atoms with Gasteiger partial charge in [0.2, 0.25) is 0 Å². The Morgan fingerprint density at radius 2 is 1.87 bits per heavy atom. The first-order valence-electron chi connectivity index (χ1n) is 5.94. The molecule has 1 heterocycles. The largest absolute Gasteiger partial charge is 0.381 e. The molecule has 1 atom stereocenters. The Bertz CT molecular complexity index is 181. The summed E-state index contributed by atoms with van der Waals surface area (Å²) < 4.78 is 5.35. The zero-order valence-electron chi connectivity index (χ0n) is 10.6. The van der Waals surface area contributed by atoms with Crippen LogP contribution in [0.25, 0.3) is 0 Å². The molecule has 90 valence electrons. The maximum absolute atomic E-state index is 6.18. The SMILES string of the molecule is COC1CCN(CC(N)C(C)(C)C)CC1. The van der Waals surface area contributed by atoms with E-state index in [0.29, 0.717) is 6.10 Å². The van der Waals surface area contributed by atoms with Gasteiger partial charge in [-0.2, -0.15) is 0 Å². The van der Waals surface area contributed by atoms with Crippen LogP contribution in [0.15, 0.2) is 0 Å². The summed E-state index contributed by atoms with van der Waals surface area (Å²) in [6.07, 6.45) is 2.76. The van der Waals surface area contributed by atoms with Crippen molar-refractivity contribution >= 4 is 0 Å². The lowest BCUT2D eigenvalue weighted by molar-refractivity contribution is 0.0358. The molecule has 3 nitrogen and oxygen atoms in total. The van der Waals surface area contributed by atoms with E-state index in [1.165, 1.54) is 0 Å². The van der Waals surface area contributed by atoms with Gasteiger partial charge < -0.3 is 15.4 Å². The molecule has 1 aliphatic heterocycles. The summed E-state index contributed by atoms with van der Waals surface area (Å²) in [7, 11) is 1.81. The number of methoxy groups -OCH3 is 1. The standard InChI is InChI=1S/C12H26N2O/c1-12(2,3)11(13)9-14-7-5-10(15-4)6-8-14/h10-11H,5-9,13H2,1-4H3. The van der Waals surface area contributed by atoms with Crippen molar-refractivity contribution in [2.24, 2.45) is 11.1 Å². The van der Waals surface area contributed by atoms with Crippen LogP contribution in [-0.4, -0.2) is 43.8 Å². The van der Waals surface area contributed by atoms with Gasteiger partial charge in [0, 0.05) is 32.8 Å². The van der Waals surface area contributed by atoms with Crippen molar-refractivity contribution in [3.8, 4) is 0 Å². The first-order valence-corrected chi connectivity index (χ1v) is 5.94. The summed E-state index contributed by atoms with van der Waals surface area (Å²) in [4.78, 5) is 2.46. The molecular weight excluding hydrogens is 188 g/mol. The first-order chi connectivity index (χ1) is 6.93. The molecule has 15 heavy (non-hydrogen) atoms. The molecule has 1 saturated heterocycles. The van der Waals surface area contributed by atoms with E-state index < -0.39 is 0 Å². The van der Waals surface area contributed by atoms with Crippen LogP contribution in [0.1, 0.15) is 33.6 Å². The van der Waals surface area contributed by atoms with Crippen molar-refractivity contribution in [3.63, 3.8) is 0 Å². The number of ether oxygens (including phenoxy) is 1. The van der Waals surface area contributed by atoms with E-state index in [0.717, 1.165) is 32.5 Å². The fourth-order valence-electron chi connectivity index (χ4n) is 1.88. The third-order valence-electron chi connectivity index (χ3n) is 3.44. The molecule has 0 spiro atoms. The highest BCUT2D eigenvalue weighted by Gasteiger charge is 2.25. The molecule has 0 radical (unpaired) electrons. The Hall–Kier alpha value is -0.120. The highest BCUT2D eigenvalue weighted by molar-refractivity contribution is 4.82. The zero-order chi connectivity index (χ0) is 11.5. The van der Waals surface area contributed by atoms with Crippen molar-refractivity contribution < 1.29 is 4.74 Å². The molecule has 0 aliphatic carbocycles. The van der Waals surface area contributed by atoms with Crippen molar-refractivity contribution in [1.29, 1.82) is 0 Å². The summed E-state index contributed by atoms with van der Waals surface area (Å²) >= 11 is 0. The maximum Gasteiger partial charge on any atom is 0.0595 e. The lowest BCUT2D eigenvalue weighted by Gasteiger charge is -2.36. The number of likely N-dealkylation sites (tertiary alicyclic amines) is 1. The third-order valence-corrected chi connectivity index (χ3v) is 3.44. The summed E-state index contributed by atoms with van der Waals surface area (Å²) in [6.45, 7) is 9.89. The highest BCUT2D eigenvalue weighted by Crippen LogP contribution is 2.20. The Morgan fingerprint density at radius 1 is 1.33 bits per heavy atom. The molecular formula is C12H26N2O. The van der Waals surface area contributed by atoms with Crippen LogP contribution in [0.2, 0.25) is 0 Å². The van der Waals surface area contributed by atoms with Gasteiger partial charge >= 0.3 is 0 Å². The lowest BCUT2D eigenvalue weighted by Crippen LogP contribution is -2.48. The second-order valence-electron chi connectivity index (χ2n) is 5.71. The monoisotopic (exact) mass is 214 g/mol. The summed E-state index contributed by atoms with van der Waals surface area (Å²) in [6, 6.07) is 0.261. The Kier molecular flexibility index (Phi) is 4.56. The van der Waals surface area contributed by atoms with E-state index in [1.54, 1.807) is 7.11 Å². The number of hydrogen-bond acceptors (Lipinski definition) is 3. The number of rotatable bonds is 3. The minimum absolute atomic E-state index is 0.206. The fraction of sp³-hybridized carbons (Fsp3) is 1.00. The number of hydrogen-bond donors (Lipinski definition) is 1. The van der Waals surface area contributed by atoms with Gasteiger partial charge in [-0.3, -0.25) is 0 Å². The second-order valence-corrected chi connectivity index (χ2v) is 5.71. The zero-order valence-corrected chi connectivity index (χ0v) is 10.6. The molecule has 3 heteroatoms. The number of nitrogens with two attached hydrogens (primary N) is 1. The average molecular weight is 214 g/mol. The van der Waals surface area contributed by atoms with E-state index in [1.807, 2.05) is 0 Å². The Morgan fingerprint density at radius 3 is 2.27 bits per heavy atom. The summed E-state index contributed by atoms with van der Waals surface area (Å²) in [5.74, 6) is 0. The molecule has 1 aliphatic rings. The Labute approximate surface area is 94.0 Å². The van der Waals surface area contributed by atoms with Crippen molar-refractivity contribution in [2.45, 2.75) is 45.8 Å². The summed E-state index contributed by atoms with van der Waals surface area (Å²) in [5, 5.41) is 0. The van der Waals surface area contributed by atoms with Crippen LogP contribution in [0.4, 0.5) is 0 Å². The van der Waals surface area contributed by atoms with Crippen LogP contribution in [0, 0.1) is 5.41 Å². The highest BCUT2D eigenvalue weighted by atomic mass is 16.5. The van der Waals surface area contributed by atoms with E-state index >= 15 is 0 Å². The molecule has 1 unspecified atom stereocenters. The molecule has 0 amide bonds. The van der Waals surface area contributed by atoms with E-state index in [9.17, 15) is 0 Å². The normalized spacial score (nSPS) is 23.0. The lowest BCUT2D eigenvalue weighted by atomic mass is 9.87. The molecule has 1 fully saturated rings. The predicted molar refractivity (Wildman–Crippen MR) is 63.9 cm³/mol. The minimum Gasteiger partial charge on any atom is -0.381 e. The van der Waals surface area contributed by atoms with Crippen molar-refractivity contribution in [1.82, 2.24) is 4.90 Å². The van der Waals surface area contributed by atoms with Crippen LogP contribution in [0.5, 0.6) is 0 Å². The van der Waals surface area contributed by atoms with Crippen LogP contribution >= 0.6 is 0 Å². The van der Waals surface area contributed by atoms with Crippen LogP contribution < -0.4 is 5.73 Å². The van der Waals surface area contributed by atoms with Gasteiger partial charge in [-0.25, -0.2) is 0 Å². The molecule has 0 aromatic rings. The number of piperidine rings is 1. The second kappa shape index (κ2) is 5.28. The van der Waals surface area contributed by atoms with E-state index in [-0.39, 0.29) is 11.5 Å². The molecule has 2 N–H and O–H groups in total. The van der Waals surface area contributed by atoms with Gasteiger partial charge in [-0.05, 0) is 18.3 Å². The first kappa shape index (κ1) is 12.9. The third kappa shape index (κ3) is 4.09. The molecule has 0 saturated carbocycles. The van der Waals surface area contributed by atoms with Crippen LogP contribution in [0.3, 0.4) is 0 Å². The van der Waals surface area contributed by atoms with Gasteiger partial charge in [-0.1, -0.05) is 20.8 Å². The fourth-order valence-corrected chi connectivity index (χ4v) is 1.88. The number of nitrogens with zero attached hydrogens (tertiary/aromatic N) is 1. The minimum atomic E-state index is 0.206. The maximum atomic E-state index is 6.18. The molecule has 1 rings (SSSR count). The molecule has 0 aromatic carbocycles. The average Bonchev–Trinajstić information content (AvgIpc) is 2.17. The van der Waals surface area contributed by atoms with Crippen LogP contribution in [-0.2, 0) is 4.74 Å². The van der Waals surface area contributed by atoms with Gasteiger partial charge in [0.1, 0.15) is 0 Å². The van der Waals surface area contributed by atoms with Gasteiger partial charge in [-0.15, -0.1) is 0 Å². The molecule has 0 bridgehead atoms. The smallest absolute Gasteiger partial charge is 0.0595 e. The van der Waals surface area contributed by atoms with Gasteiger partial charge in [0.25, 0.3) is 0 Å². The quantitative estimate of drug-likeness (QED) is 0.773. The van der Waals surface area contributed by atoms with Gasteiger partial charge in [0.15, 0.2) is 0 Å². The topological polar surface area (TPSA) is 38.5 Å². The van der Waals surface area contributed by atoms with E-state index in [4.69, 9.17) is 10.5 Å².